The van der Waals surface area contributed by atoms with E-state index >= 15 is 0 Å². The number of carbonyl (C=O) groups is 6. The number of alkyl carbamates (subject to hydrolysis) is 1. The van der Waals surface area contributed by atoms with Crippen molar-refractivity contribution in [2.75, 3.05) is 26.2 Å². The van der Waals surface area contributed by atoms with E-state index in [-0.39, 0.29) is 42.9 Å². The molecule has 2 saturated carbocycles. The van der Waals surface area contributed by atoms with Crippen molar-refractivity contribution in [3.63, 3.8) is 0 Å². The highest BCUT2D eigenvalue weighted by Crippen LogP contribution is 2.65. The average molecular weight is 713 g/mol. The number of ether oxygens (including phenoxy) is 1. The van der Waals surface area contributed by atoms with Crippen molar-refractivity contribution in [3.8, 4) is 0 Å². The van der Waals surface area contributed by atoms with Gasteiger partial charge < -0.3 is 36.2 Å². The second-order valence-corrected chi connectivity index (χ2v) is 14.0. The molecule has 1 unspecified atom stereocenters. The molecule has 0 aromatic rings. The van der Waals surface area contributed by atoms with Crippen molar-refractivity contribution in [2.45, 2.75) is 103 Å². The number of alkyl halides is 3. The van der Waals surface area contributed by atoms with Crippen LogP contribution in [0.25, 0.3) is 0 Å². The topological polar surface area (TPSA) is 175 Å². The Hall–Kier alpha value is -4.11. The number of hydrogen-bond donors (Lipinski definition) is 5. The largest absolute Gasteiger partial charge is 0.447 e. The quantitative estimate of drug-likeness (QED) is 0.121. The highest BCUT2D eigenvalue weighted by molar-refractivity contribution is 6.38. The lowest BCUT2D eigenvalue weighted by molar-refractivity contribution is -0.147. The molecule has 13 nitrogen and oxygen atoms in total. The summed E-state index contributed by atoms with van der Waals surface area (Å²) < 4.78 is 44.8. The third-order valence-corrected chi connectivity index (χ3v) is 10.0. The lowest BCUT2D eigenvalue weighted by atomic mass is 9.83. The standard InChI is InChI=1S/C34H51F3N6O7/c1-7-16-39-29(46)27(44)22(14-15-34(35,36)37)40-28(45)26-24-21(33(24,5)6)17-43(26)30(47)25(20-12-10-9-11-13-20)42-31(48)41-23(19(3)4)18-50-32(49)38-8-2/h7,20-26H,1,3,8-18H2,2,4-6H3,(H,38,49)(H,39,46)(H,40,45)(H2,41,42,48)/t21-,22?,23+,24-,25-,26-/m0/s1. The number of nitrogens with zero attached hydrogens (tertiary/aromatic N) is 1. The molecule has 0 aromatic carbocycles. The van der Waals surface area contributed by atoms with Crippen molar-refractivity contribution < 1.29 is 46.7 Å². The third-order valence-electron chi connectivity index (χ3n) is 10.0. The van der Waals surface area contributed by atoms with Gasteiger partial charge in [0.2, 0.25) is 17.6 Å². The number of urea groups is 1. The van der Waals surface area contributed by atoms with Crippen LogP contribution in [0.15, 0.2) is 24.8 Å². The summed E-state index contributed by atoms with van der Waals surface area (Å²) in [4.78, 5) is 80.2. The Labute approximate surface area is 290 Å². The Morgan fingerprint density at radius 2 is 1.66 bits per heavy atom. The minimum Gasteiger partial charge on any atom is -0.447 e. The summed E-state index contributed by atoms with van der Waals surface area (Å²) in [5.41, 5.74) is 0.117. The van der Waals surface area contributed by atoms with Gasteiger partial charge in [-0.25, -0.2) is 9.59 Å². The molecule has 2 aliphatic carbocycles. The highest BCUT2D eigenvalue weighted by Gasteiger charge is 2.69. The Bertz CT molecular complexity index is 1320. The molecular weight excluding hydrogens is 661 g/mol. The predicted molar refractivity (Wildman–Crippen MR) is 177 cm³/mol. The molecule has 0 radical (unpaired) electrons. The van der Waals surface area contributed by atoms with Gasteiger partial charge in [-0.05, 0) is 56.3 Å². The van der Waals surface area contributed by atoms with Crippen LogP contribution in [-0.2, 0) is 23.9 Å². The summed E-state index contributed by atoms with van der Waals surface area (Å²) in [5, 5.41) is 12.6. The Morgan fingerprint density at radius 3 is 2.24 bits per heavy atom. The monoisotopic (exact) mass is 712 g/mol. The van der Waals surface area contributed by atoms with Crippen LogP contribution in [-0.4, -0.2) is 97.1 Å². The van der Waals surface area contributed by atoms with Gasteiger partial charge in [0, 0.05) is 26.1 Å². The molecule has 5 N–H and O–H groups in total. The summed E-state index contributed by atoms with van der Waals surface area (Å²) in [5.74, 6) is -4.51. The summed E-state index contributed by atoms with van der Waals surface area (Å²) in [7, 11) is 0. The molecule has 0 aromatic heterocycles. The van der Waals surface area contributed by atoms with Crippen LogP contribution in [0.4, 0.5) is 22.8 Å². The van der Waals surface area contributed by atoms with Gasteiger partial charge in [0.05, 0.1) is 12.1 Å². The smallest absolute Gasteiger partial charge is 0.407 e. The summed E-state index contributed by atoms with van der Waals surface area (Å²) >= 11 is 0. The van der Waals surface area contributed by atoms with E-state index in [2.05, 4.69) is 39.7 Å². The molecule has 1 aliphatic heterocycles. The number of carbonyl (C=O) groups excluding carboxylic acids is 6. The molecule has 6 amide bonds. The van der Waals surface area contributed by atoms with Crippen molar-refractivity contribution in [2.24, 2.45) is 23.2 Å². The summed E-state index contributed by atoms with van der Waals surface area (Å²) in [6, 6.07) is -5.47. The van der Waals surface area contributed by atoms with Gasteiger partial charge in [-0.15, -0.1) is 6.58 Å². The van der Waals surface area contributed by atoms with Crippen LogP contribution in [0, 0.1) is 23.2 Å². The Kier molecular flexibility index (Phi) is 13.9. The van der Waals surface area contributed by atoms with Crippen LogP contribution in [0.5, 0.6) is 0 Å². The fourth-order valence-corrected chi connectivity index (χ4v) is 7.09. The second kappa shape index (κ2) is 17.2. The van der Waals surface area contributed by atoms with Gasteiger partial charge in [0.15, 0.2) is 0 Å². The van der Waals surface area contributed by atoms with E-state index in [0.29, 0.717) is 25.0 Å². The molecule has 3 fully saturated rings. The zero-order valence-corrected chi connectivity index (χ0v) is 29.3. The molecule has 0 spiro atoms. The molecule has 1 heterocycles. The SMILES string of the molecule is C=CCNC(=O)C(=O)C(CCC(F)(F)F)NC(=O)[C@@H]1[C@@H]2[C@H](CN1C(=O)[C@@H](NC(=O)N[C@H](COC(=O)NCC)C(=C)C)C1CCCCC1)C2(C)C. The van der Waals surface area contributed by atoms with Crippen LogP contribution in [0.1, 0.15) is 72.6 Å². The van der Waals surface area contributed by atoms with Gasteiger partial charge in [-0.3, -0.25) is 19.2 Å². The maximum atomic E-state index is 14.4. The van der Waals surface area contributed by atoms with Crippen molar-refractivity contribution in [1.82, 2.24) is 31.5 Å². The molecule has 280 valence electrons. The number of fused-ring (bicyclic) bond motifs is 1. The lowest BCUT2D eigenvalue weighted by Crippen LogP contribution is -2.61. The summed E-state index contributed by atoms with van der Waals surface area (Å²) in [6.45, 7) is 14.7. The predicted octanol–water partition coefficient (Wildman–Crippen LogP) is 3.11. The van der Waals surface area contributed by atoms with Crippen LogP contribution < -0.4 is 26.6 Å². The van der Waals surface area contributed by atoms with E-state index in [1.54, 1.807) is 13.8 Å². The number of halogens is 3. The number of piperidine rings is 1. The first-order chi connectivity index (χ1) is 23.4. The third kappa shape index (κ3) is 10.5. The van der Waals surface area contributed by atoms with Gasteiger partial charge in [-0.2, -0.15) is 13.2 Å². The highest BCUT2D eigenvalue weighted by atomic mass is 19.4. The number of hydrogen-bond acceptors (Lipinski definition) is 7. The van der Waals surface area contributed by atoms with Gasteiger partial charge in [-0.1, -0.05) is 51.3 Å². The molecule has 1 saturated heterocycles. The maximum Gasteiger partial charge on any atom is 0.407 e. The molecule has 3 rings (SSSR count). The number of Topliss-reactive ketones (excluding diaryl/α,β-unsaturated/α-hetero) is 1. The maximum absolute atomic E-state index is 14.4. The van der Waals surface area contributed by atoms with Crippen molar-refractivity contribution in [3.05, 3.63) is 24.8 Å². The molecule has 16 heteroatoms. The van der Waals surface area contributed by atoms with E-state index in [0.717, 1.165) is 19.3 Å². The first-order valence-corrected chi connectivity index (χ1v) is 17.2. The number of amides is 6. The number of rotatable bonds is 16. The van der Waals surface area contributed by atoms with Crippen LogP contribution >= 0.6 is 0 Å². The fraction of sp³-hybridized carbons (Fsp3) is 0.706. The van der Waals surface area contributed by atoms with Crippen molar-refractivity contribution >= 4 is 35.6 Å². The molecule has 6 atom stereocenters. The Balaban J connectivity index is 1.85. The summed E-state index contributed by atoms with van der Waals surface area (Å²) in [6.07, 6.45) is -2.44. The first-order valence-electron chi connectivity index (χ1n) is 17.2. The van der Waals surface area contributed by atoms with Gasteiger partial charge in [0.1, 0.15) is 18.7 Å². The van der Waals surface area contributed by atoms with Gasteiger partial charge in [0.25, 0.3) is 5.91 Å². The average Bonchev–Trinajstić information content (AvgIpc) is 3.36. The van der Waals surface area contributed by atoms with E-state index in [1.807, 2.05) is 13.8 Å². The minimum absolute atomic E-state index is 0.106. The van der Waals surface area contributed by atoms with E-state index < -0.39 is 78.8 Å². The van der Waals surface area contributed by atoms with Crippen LogP contribution in [0.3, 0.4) is 0 Å². The van der Waals surface area contributed by atoms with E-state index in [9.17, 15) is 41.9 Å². The molecule has 50 heavy (non-hydrogen) atoms. The Morgan fingerprint density at radius 1 is 1.00 bits per heavy atom. The number of likely N-dealkylation sites (tertiary alicyclic amines) is 1. The molecule has 0 bridgehead atoms. The zero-order valence-electron chi connectivity index (χ0n) is 29.3. The zero-order chi connectivity index (χ0) is 37.4. The van der Waals surface area contributed by atoms with E-state index in [1.165, 1.54) is 11.0 Å². The molecule has 3 aliphatic rings. The van der Waals surface area contributed by atoms with Crippen LogP contribution in [0.2, 0.25) is 0 Å². The normalized spacial score (nSPS) is 22.9. The second-order valence-electron chi connectivity index (χ2n) is 14.0. The fourth-order valence-electron chi connectivity index (χ4n) is 7.09. The molecular formula is C34H51F3N6O7. The minimum atomic E-state index is -4.66. The van der Waals surface area contributed by atoms with Crippen molar-refractivity contribution in [1.29, 1.82) is 0 Å². The number of ketones is 1. The lowest BCUT2D eigenvalue weighted by Gasteiger charge is -2.37. The first kappa shape index (κ1) is 40.3. The van der Waals surface area contributed by atoms with E-state index in [4.69, 9.17) is 4.74 Å². The van der Waals surface area contributed by atoms with Gasteiger partial charge >= 0.3 is 18.3 Å². The number of nitrogens with one attached hydrogen (secondary N) is 5.